The van der Waals surface area contributed by atoms with E-state index < -0.39 is 0 Å². The third-order valence-corrected chi connectivity index (χ3v) is 4.37. The standard InChI is InChI=1S/C17H24N4O2/c1-4-23-11-14-8-16-15(19-12-20(16)2)10-21(14)9-13-6-5-7-18-17(13)22-3/h5-7,12,14H,4,8-11H2,1-3H3/t14-/m1/s1. The lowest BCUT2D eigenvalue weighted by molar-refractivity contribution is 0.0491. The van der Waals surface area contributed by atoms with Crippen LogP contribution in [0.1, 0.15) is 23.9 Å². The number of hydrogen-bond donors (Lipinski definition) is 0. The molecule has 0 saturated heterocycles. The van der Waals surface area contributed by atoms with Crippen molar-refractivity contribution in [2.45, 2.75) is 32.5 Å². The van der Waals surface area contributed by atoms with Crippen LogP contribution in [0, 0.1) is 0 Å². The molecule has 0 amide bonds. The molecule has 6 nitrogen and oxygen atoms in total. The van der Waals surface area contributed by atoms with E-state index in [9.17, 15) is 0 Å². The first-order valence-electron chi connectivity index (χ1n) is 8.01. The van der Waals surface area contributed by atoms with Crippen molar-refractivity contribution in [3.8, 4) is 5.88 Å². The first-order chi connectivity index (χ1) is 11.2. The Morgan fingerprint density at radius 3 is 3.00 bits per heavy atom. The Morgan fingerprint density at radius 2 is 2.22 bits per heavy atom. The molecule has 124 valence electrons. The van der Waals surface area contributed by atoms with E-state index in [1.807, 2.05) is 19.3 Å². The molecule has 6 heteroatoms. The molecule has 0 saturated carbocycles. The van der Waals surface area contributed by atoms with Crippen molar-refractivity contribution >= 4 is 0 Å². The lowest BCUT2D eigenvalue weighted by Gasteiger charge is -2.35. The molecule has 0 aliphatic carbocycles. The number of aryl methyl sites for hydroxylation is 1. The van der Waals surface area contributed by atoms with Crippen LogP contribution >= 0.6 is 0 Å². The number of rotatable bonds is 6. The third kappa shape index (κ3) is 3.38. The van der Waals surface area contributed by atoms with Crippen LogP contribution < -0.4 is 4.74 Å². The topological polar surface area (TPSA) is 52.4 Å². The highest BCUT2D eigenvalue weighted by Crippen LogP contribution is 2.26. The predicted molar refractivity (Wildman–Crippen MR) is 87.2 cm³/mol. The van der Waals surface area contributed by atoms with E-state index in [0.29, 0.717) is 11.9 Å². The molecule has 0 bridgehead atoms. The Labute approximate surface area is 137 Å². The number of methoxy groups -OCH3 is 1. The minimum Gasteiger partial charge on any atom is -0.481 e. The maximum Gasteiger partial charge on any atom is 0.217 e. The van der Waals surface area contributed by atoms with E-state index in [1.165, 1.54) is 5.69 Å². The number of pyridine rings is 1. The number of imidazole rings is 1. The van der Waals surface area contributed by atoms with Crippen molar-refractivity contribution in [2.75, 3.05) is 20.3 Å². The molecule has 0 fully saturated rings. The van der Waals surface area contributed by atoms with Crippen LogP contribution in [-0.4, -0.2) is 45.8 Å². The number of nitrogens with zero attached hydrogens (tertiary/aromatic N) is 4. The lowest BCUT2D eigenvalue weighted by Crippen LogP contribution is -2.43. The largest absolute Gasteiger partial charge is 0.481 e. The van der Waals surface area contributed by atoms with Gasteiger partial charge in [0.15, 0.2) is 0 Å². The van der Waals surface area contributed by atoms with Crippen LogP contribution in [0.3, 0.4) is 0 Å². The molecule has 3 heterocycles. The Balaban J connectivity index is 1.83. The quantitative estimate of drug-likeness (QED) is 0.813. The molecule has 0 radical (unpaired) electrons. The maximum atomic E-state index is 5.71. The highest BCUT2D eigenvalue weighted by Gasteiger charge is 2.29. The second-order valence-corrected chi connectivity index (χ2v) is 5.84. The molecule has 0 N–H and O–H groups in total. The molecule has 23 heavy (non-hydrogen) atoms. The minimum absolute atomic E-state index is 0.336. The average molecular weight is 316 g/mol. The summed E-state index contributed by atoms with van der Waals surface area (Å²) in [6, 6.07) is 4.35. The fourth-order valence-electron chi connectivity index (χ4n) is 3.12. The Kier molecular flexibility index (Phi) is 4.93. The zero-order valence-corrected chi connectivity index (χ0v) is 14.0. The van der Waals surface area contributed by atoms with Gasteiger partial charge in [-0.3, -0.25) is 4.90 Å². The smallest absolute Gasteiger partial charge is 0.217 e. The normalized spacial score (nSPS) is 18.0. The molecule has 3 rings (SSSR count). The van der Waals surface area contributed by atoms with Crippen molar-refractivity contribution in [1.29, 1.82) is 0 Å². The van der Waals surface area contributed by atoms with Crippen LogP contribution in [0.4, 0.5) is 0 Å². The van der Waals surface area contributed by atoms with Crippen molar-refractivity contribution in [2.24, 2.45) is 7.05 Å². The summed E-state index contributed by atoms with van der Waals surface area (Å²) in [5.41, 5.74) is 3.56. The molecular formula is C17H24N4O2. The highest BCUT2D eigenvalue weighted by molar-refractivity contribution is 5.26. The van der Waals surface area contributed by atoms with Crippen LogP contribution in [0.25, 0.3) is 0 Å². The number of hydrogen-bond acceptors (Lipinski definition) is 5. The van der Waals surface area contributed by atoms with Gasteiger partial charge in [0.1, 0.15) is 0 Å². The van der Waals surface area contributed by atoms with E-state index in [2.05, 4.69) is 32.5 Å². The summed E-state index contributed by atoms with van der Waals surface area (Å²) in [6.07, 6.45) is 4.61. The summed E-state index contributed by atoms with van der Waals surface area (Å²) < 4.78 is 13.2. The van der Waals surface area contributed by atoms with E-state index in [0.717, 1.165) is 44.0 Å². The van der Waals surface area contributed by atoms with Gasteiger partial charge < -0.3 is 14.0 Å². The maximum absolute atomic E-state index is 5.71. The minimum atomic E-state index is 0.336. The van der Waals surface area contributed by atoms with Gasteiger partial charge in [-0.15, -0.1) is 0 Å². The van der Waals surface area contributed by atoms with E-state index in [4.69, 9.17) is 9.47 Å². The van der Waals surface area contributed by atoms with Crippen molar-refractivity contribution < 1.29 is 9.47 Å². The van der Waals surface area contributed by atoms with Gasteiger partial charge in [-0.05, 0) is 13.0 Å². The van der Waals surface area contributed by atoms with Crippen molar-refractivity contribution in [1.82, 2.24) is 19.4 Å². The summed E-state index contributed by atoms with van der Waals surface area (Å²) in [7, 11) is 3.72. The van der Waals surface area contributed by atoms with Crippen LogP contribution in [0.15, 0.2) is 24.7 Å². The van der Waals surface area contributed by atoms with Gasteiger partial charge in [-0.1, -0.05) is 6.07 Å². The zero-order valence-electron chi connectivity index (χ0n) is 14.0. The fraction of sp³-hybridized carbons (Fsp3) is 0.529. The Hall–Kier alpha value is -1.92. The molecule has 0 aromatic carbocycles. The SMILES string of the molecule is CCOC[C@H]1Cc2c(ncn2C)CN1Cc1cccnc1OC. The second kappa shape index (κ2) is 7.10. The molecule has 2 aromatic heterocycles. The summed E-state index contributed by atoms with van der Waals surface area (Å²) in [5, 5.41) is 0. The zero-order chi connectivity index (χ0) is 16.2. The average Bonchev–Trinajstić information content (AvgIpc) is 2.93. The van der Waals surface area contributed by atoms with Crippen LogP contribution in [0.5, 0.6) is 5.88 Å². The van der Waals surface area contributed by atoms with Crippen molar-refractivity contribution in [3.63, 3.8) is 0 Å². The second-order valence-electron chi connectivity index (χ2n) is 5.84. The van der Waals surface area contributed by atoms with Gasteiger partial charge in [0.25, 0.3) is 0 Å². The van der Waals surface area contributed by atoms with Gasteiger partial charge in [-0.2, -0.15) is 0 Å². The summed E-state index contributed by atoms with van der Waals surface area (Å²) in [4.78, 5) is 11.2. The van der Waals surface area contributed by atoms with E-state index >= 15 is 0 Å². The Morgan fingerprint density at radius 1 is 1.35 bits per heavy atom. The van der Waals surface area contributed by atoms with E-state index in [1.54, 1.807) is 13.3 Å². The molecule has 1 aliphatic rings. The van der Waals surface area contributed by atoms with Gasteiger partial charge in [-0.25, -0.2) is 9.97 Å². The van der Waals surface area contributed by atoms with E-state index in [-0.39, 0.29) is 0 Å². The molecule has 2 aromatic rings. The monoisotopic (exact) mass is 316 g/mol. The van der Waals surface area contributed by atoms with Gasteiger partial charge >= 0.3 is 0 Å². The predicted octanol–water partition coefficient (Wildman–Crippen LogP) is 1.79. The Bertz CT molecular complexity index is 656. The van der Waals surface area contributed by atoms with Crippen LogP contribution in [0.2, 0.25) is 0 Å². The lowest BCUT2D eigenvalue weighted by atomic mass is 10.0. The summed E-state index contributed by atoms with van der Waals surface area (Å²) in [6.45, 7) is 5.10. The summed E-state index contributed by atoms with van der Waals surface area (Å²) >= 11 is 0. The summed E-state index contributed by atoms with van der Waals surface area (Å²) in [5.74, 6) is 0.689. The van der Waals surface area contributed by atoms with Gasteiger partial charge in [0.05, 0.1) is 25.7 Å². The molecule has 0 unspecified atom stereocenters. The number of ether oxygens (including phenoxy) is 2. The van der Waals surface area contributed by atoms with Crippen molar-refractivity contribution in [3.05, 3.63) is 41.6 Å². The molecule has 1 atom stereocenters. The first-order valence-corrected chi connectivity index (χ1v) is 8.01. The molecule has 0 spiro atoms. The first kappa shape index (κ1) is 16.0. The van der Waals surface area contributed by atoms with Gasteiger partial charge in [0.2, 0.25) is 5.88 Å². The third-order valence-electron chi connectivity index (χ3n) is 4.37. The van der Waals surface area contributed by atoms with Gasteiger partial charge in [0, 0.05) is 56.7 Å². The highest BCUT2D eigenvalue weighted by atomic mass is 16.5. The number of fused-ring (bicyclic) bond motifs is 1. The number of aromatic nitrogens is 3. The van der Waals surface area contributed by atoms with Crippen LogP contribution in [-0.2, 0) is 31.3 Å². The molecular weight excluding hydrogens is 292 g/mol. The fourth-order valence-corrected chi connectivity index (χ4v) is 3.12. The molecule has 1 aliphatic heterocycles.